The van der Waals surface area contributed by atoms with Crippen LogP contribution >= 0.6 is 0 Å². The zero-order valence-corrected chi connectivity index (χ0v) is 12.1. The van der Waals surface area contributed by atoms with Gasteiger partial charge in [-0.05, 0) is 25.5 Å². The molecule has 0 aliphatic rings. The molecule has 3 nitrogen and oxygen atoms in total. The molecule has 0 fully saturated rings. The average Bonchev–Trinajstić information content (AvgIpc) is 2.38. The van der Waals surface area contributed by atoms with Crippen LogP contribution in [0, 0.1) is 0 Å². The van der Waals surface area contributed by atoms with Gasteiger partial charge in [0.25, 0.3) is 0 Å². The predicted molar refractivity (Wildman–Crippen MR) is 78.6 cm³/mol. The highest BCUT2D eigenvalue weighted by molar-refractivity contribution is 5.57. The molecule has 0 spiro atoms. The Bertz CT molecular complexity index is 341. The van der Waals surface area contributed by atoms with Crippen LogP contribution in [0.25, 0.3) is 0 Å². The Morgan fingerprint density at radius 1 is 1.33 bits per heavy atom. The van der Waals surface area contributed by atoms with Crippen LogP contribution in [-0.4, -0.2) is 33.3 Å². The molecule has 1 atom stereocenters. The van der Waals surface area contributed by atoms with Crippen molar-refractivity contribution in [2.75, 3.05) is 32.1 Å². The Morgan fingerprint density at radius 3 is 2.72 bits per heavy atom. The number of para-hydroxylation sites is 2. The van der Waals surface area contributed by atoms with Gasteiger partial charge in [-0.25, -0.2) is 0 Å². The third kappa shape index (κ3) is 4.57. The first kappa shape index (κ1) is 14.8. The summed E-state index contributed by atoms with van der Waals surface area (Å²) in [5, 5.41) is 3.54. The lowest BCUT2D eigenvalue weighted by Crippen LogP contribution is -2.34. The lowest BCUT2D eigenvalue weighted by molar-refractivity contribution is 0.414. The van der Waals surface area contributed by atoms with Crippen LogP contribution < -0.4 is 15.0 Å². The van der Waals surface area contributed by atoms with Gasteiger partial charge >= 0.3 is 0 Å². The second-order valence-corrected chi connectivity index (χ2v) is 4.74. The number of hydrogen-bond donors (Lipinski definition) is 1. The number of rotatable bonds is 8. The second kappa shape index (κ2) is 7.98. The van der Waals surface area contributed by atoms with Crippen LogP contribution in [0.2, 0.25) is 0 Å². The van der Waals surface area contributed by atoms with E-state index in [-0.39, 0.29) is 0 Å². The molecule has 102 valence electrons. The van der Waals surface area contributed by atoms with Crippen molar-refractivity contribution >= 4 is 5.69 Å². The van der Waals surface area contributed by atoms with Gasteiger partial charge in [0.2, 0.25) is 0 Å². The summed E-state index contributed by atoms with van der Waals surface area (Å²) < 4.78 is 5.37. The maximum Gasteiger partial charge on any atom is 0.142 e. The highest BCUT2D eigenvalue weighted by Crippen LogP contribution is 2.25. The fourth-order valence-electron chi connectivity index (χ4n) is 2.08. The Kier molecular flexibility index (Phi) is 6.58. The minimum absolute atomic E-state index is 0.598. The Hall–Kier alpha value is -1.22. The summed E-state index contributed by atoms with van der Waals surface area (Å²) in [5.74, 6) is 0.932. The molecule has 1 rings (SSSR count). The molecule has 1 aromatic rings. The molecule has 0 heterocycles. The van der Waals surface area contributed by atoms with Crippen molar-refractivity contribution in [1.29, 1.82) is 0 Å². The van der Waals surface area contributed by atoms with Crippen LogP contribution in [0.1, 0.15) is 26.7 Å². The predicted octanol–water partition coefficient (Wildman–Crippen LogP) is 2.91. The Balaban J connectivity index is 2.42. The first-order valence-electron chi connectivity index (χ1n) is 6.76. The Morgan fingerprint density at radius 2 is 2.06 bits per heavy atom. The molecule has 0 saturated carbocycles. The molecule has 1 unspecified atom stereocenters. The van der Waals surface area contributed by atoms with Crippen LogP contribution in [0.4, 0.5) is 5.69 Å². The standard InChI is InChI=1S/C15H26N2O/c1-5-8-13(2)16-11-12-17(3)14-9-6-7-10-15(14)18-4/h6-7,9-10,13,16H,5,8,11-12H2,1-4H3. The lowest BCUT2D eigenvalue weighted by Gasteiger charge is -2.23. The van der Waals surface area contributed by atoms with E-state index >= 15 is 0 Å². The van der Waals surface area contributed by atoms with Crippen molar-refractivity contribution in [3.8, 4) is 5.75 Å². The third-order valence-electron chi connectivity index (χ3n) is 3.16. The van der Waals surface area contributed by atoms with Gasteiger partial charge in [0.15, 0.2) is 0 Å². The molecule has 0 aliphatic heterocycles. The molecule has 0 aromatic heterocycles. The van der Waals surface area contributed by atoms with Gasteiger partial charge in [-0.1, -0.05) is 25.5 Å². The van der Waals surface area contributed by atoms with Gasteiger partial charge in [-0.2, -0.15) is 0 Å². The first-order chi connectivity index (χ1) is 8.69. The number of methoxy groups -OCH3 is 1. The number of likely N-dealkylation sites (N-methyl/N-ethyl adjacent to an activating group) is 1. The van der Waals surface area contributed by atoms with Gasteiger partial charge < -0.3 is 15.0 Å². The summed E-state index contributed by atoms with van der Waals surface area (Å²) in [7, 11) is 3.82. The van der Waals surface area contributed by atoms with Gasteiger partial charge in [0.1, 0.15) is 5.75 Å². The van der Waals surface area contributed by atoms with Crippen molar-refractivity contribution in [3.63, 3.8) is 0 Å². The van der Waals surface area contributed by atoms with E-state index in [1.165, 1.54) is 12.8 Å². The summed E-state index contributed by atoms with van der Waals surface area (Å²) in [4.78, 5) is 2.23. The molecular weight excluding hydrogens is 224 g/mol. The van der Waals surface area contributed by atoms with Crippen molar-refractivity contribution in [2.45, 2.75) is 32.7 Å². The first-order valence-corrected chi connectivity index (χ1v) is 6.76. The van der Waals surface area contributed by atoms with Crippen LogP contribution in [0.5, 0.6) is 5.75 Å². The van der Waals surface area contributed by atoms with Gasteiger partial charge in [0.05, 0.1) is 12.8 Å². The number of hydrogen-bond acceptors (Lipinski definition) is 3. The SMILES string of the molecule is CCCC(C)NCCN(C)c1ccccc1OC. The van der Waals surface area contributed by atoms with Gasteiger partial charge in [-0.3, -0.25) is 0 Å². The van der Waals surface area contributed by atoms with Gasteiger partial charge in [-0.15, -0.1) is 0 Å². The smallest absolute Gasteiger partial charge is 0.142 e. The van der Waals surface area contributed by atoms with E-state index in [9.17, 15) is 0 Å². The summed E-state index contributed by atoms with van der Waals surface area (Å²) in [6.45, 7) is 6.44. The fraction of sp³-hybridized carbons (Fsp3) is 0.600. The normalized spacial score (nSPS) is 12.2. The summed E-state index contributed by atoms with van der Waals surface area (Å²) >= 11 is 0. The number of ether oxygens (including phenoxy) is 1. The molecule has 0 bridgehead atoms. The number of benzene rings is 1. The molecular formula is C15H26N2O. The van der Waals surface area contributed by atoms with E-state index < -0.39 is 0 Å². The number of nitrogens with one attached hydrogen (secondary N) is 1. The quantitative estimate of drug-likeness (QED) is 0.768. The van der Waals surface area contributed by atoms with E-state index in [4.69, 9.17) is 4.74 Å². The molecule has 0 amide bonds. The maximum atomic E-state index is 5.37. The average molecular weight is 250 g/mol. The molecule has 1 aromatic carbocycles. The van der Waals surface area contributed by atoms with Crippen molar-refractivity contribution in [3.05, 3.63) is 24.3 Å². The van der Waals surface area contributed by atoms with E-state index in [1.807, 2.05) is 18.2 Å². The molecule has 3 heteroatoms. The van der Waals surface area contributed by atoms with Crippen LogP contribution in [-0.2, 0) is 0 Å². The van der Waals surface area contributed by atoms with Gasteiger partial charge in [0, 0.05) is 26.2 Å². The zero-order chi connectivity index (χ0) is 13.4. The molecule has 1 N–H and O–H groups in total. The van der Waals surface area contributed by atoms with E-state index in [1.54, 1.807) is 7.11 Å². The number of anilines is 1. The highest BCUT2D eigenvalue weighted by atomic mass is 16.5. The van der Waals surface area contributed by atoms with Crippen molar-refractivity contribution in [2.24, 2.45) is 0 Å². The van der Waals surface area contributed by atoms with Crippen LogP contribution in [0.15, 0.2) is 24.3 Å². The molecule has 0 radical (unpaired) electrons. The lowest BCUT2D eigenvalue weighted by atomic mass is 10.2. The zero-order valence-electron chi connectivity index (χ0n) is 12.1. The third-order valence-corrected chi connectivity index (χ3v) is 3.16. The summed E-state index contributed by atoms with van der Waals surface area (Å²) in [6.07, 6.45) is 2.47. The fourth-order valence-corrected chi connectivity index (χ4v) is 2.08. The maximum absolute atomic E-state index is 5.37. The van der Waals surface area contributed by atoms with Crippen molar-refractivity contribution in [1.82, 2.24) is 5.32 Å². The van der Waals surface area contributed by atoms with E-state index in [0.29, 0.717) is 6.04 Å². The van der Waals surface area contributed by atoms with E-state index in [2.05, 4.69) is 37.2 Å². The topological polar surface area (TPSA) is 24.5 Å². The van der Waals surface area contributed by atoms with Crippen molar-refractivity contribution < 1.29 is 4.74 Å². The van der Waals surface area contributed by atoms with Crippen LogP contribution in [0.3, 0.4) is 0 Å². The van der Waals surface area contributed by atoms with E-state index in [0.717, 1.165) is 24.5 Å². The Labute approximate surface area is 111 Å². The highest BCUT2D eigenvalue weighted by Gasteiger charge is 2.07. The minimum atomic E-state index is 0.598. The largest absolute Gasteiger partial charge is 0.495 e. The number of nitrogens with zero attached hydrogens (tertiary/aromatic N) is 1. The monoisotopic (exact) mass is 250 g/mol. The summed E-state index contributed by atoms with van der Waals surface area (Å²) in [5.41, 5.74) is 1.14. The molecule has 0 saturated heterocycles. The molecule has 18 heavy (non-hydrogen) atoms. The summed E-state index contributed by atoms with van der Waals surface area (Å²) in [6, 6.07) is 8.73. The minimum Gasteiger partial charge on any atom is -0.495 e. The second-order valence-electron chi connectivity index (χ2n) is 4.74. The molecule has 0 aliphatic carbocycles.